The van der Waals surface area contributed by atoms with Crippen molar-refractivity contribution in [3.63, 3.8) is 0 Å². The number of hydrogen-bond acceptors (Lipinski definition) is 3. The zero-order valence-electron chi connectivity index (χ0n) is 15.8. The summed E-state index contributed by atoms with van der Waals surface area (Å²) in [5, 5.41) is 6.08. The molecule has 156 valence electrons. The first-order chi connectivity index (χ1) is 14.3. The van der Waals surface area contributed by atoms with Crippen molar-refractivity contribution in [1.82, 2.24) is 10.6 Å². The van der Waals surface area contributed by atoms with Gasteiger partial charge in [-0.3, -0.25) is 9.59 Å². The van der Waals surface area contributed by atoms with Gasteiger partial charge in [0.1, 0.15) is 12.3 Å². The maximum Gasteiger partial charge on any atom is 0.405 e. The van der Waals surface area contributed by atoms with Crippen molar-refractivity contribution in [3.8, 4) is 5.75 Å². The number of halogens is 3. The molecule has 0 saturated heterocycles. The summed E-state index contributed by atoms with van der Waals surface area (Å²) in [5.41, 5.74) is 1.09. The molecule has 3 aromatic rings. The minimum Gasteiger partial charge on any atom is -0.483 e. The minimum atomic E-state index is -4.51. The number of amides is 2. The number of benzene rings is 3. The van der Waals surface area contributed by atoms with Gasteiger partial charge >= 0.3 is 6.18 Å². The van der Waals surface area contributed by atoms with E-state index in [0.717, 1.165) is 16.3 Å². The number of rotatable bonds is 7. The molecule has 3 aromatic carbocycles. The van der Waals surface area contributed by atoms with Crippen molar-refractivity contribution in [1.29, 1.82) is 0 Å². The summed E-state index contributed by atoms with van der Waals surface area (Å²) in [6.45, 7) is -1.80. The van der Waals surface area contributed by atoms with Gasteiger partial charge in [0.15, 0.2) is 6.61 Å². The topological polar surface area (TPSA) is 67.4 Å². The van der Waals surface area contributed by atoms with Gasteiger partial charge in [0.05, 0.1) is 5.56 Å². The smallest absolute Gasteiger partial charge is 0.405 e. The number of fused-ring (bicyclic) bond motifs is 1. The van der Waals surface area contributed by atoms with Crippen LogP contribution in [0, 0.1) is 0 Å². The van der Waals surface area contributed by atoms with Gasteiger partial charge in [0, 0.05) is 6.54 Å². The van der Waals surface area contributed by atoms with Crippen LogP contribution in [-0.4, -0.2) is 31.1 Å². The van der Waals surface area contributed by atoms with Gasteiger partial charge in [-0.1, -0.05) is 54.6 Å². The Hall–Kier alpha value is -3.55. The molecular weight excluding hydrogens is 397 g/mol. The highest BCUT2D eigenvalue weighted by Crippen LogP contribution is 2.26. The molecule has 0 radical (unpaired) electrons. The van der Waals surface area contributed by atoms with Crippen molar-refractivity contribution in [2.45, 2.75) is 12.7 Å². The third-order valence-electron chi connectivity index (χ3n) is 4.23. The predicted octanol–water partition coefficient (Wildman–Crippen LogP) is 3.83. The predicted molar refractivity (Wildman–Crippen MR) is 106 cm³/mol. The van der Waals surface area contributed by atoms with Gasteiger partial charge in [0.25, 0.3) is 11.8 Å². The molecule has 3 rings (SSSR count). The Labute approximate surface area is 170 Å². The van der Waals surface area contributed by atoms with Crippen LogP contribution in [-0.2, 0) is 11.3 Å². The third kappa shape index (κ3) is 5.97. The number of hydrogen-bond donors (Lipinski definition) is 2. The zero-order chi connectivity index (χ0) is 21.6. The average molecular weight is 416 g/mol. The fraction of sp³-hybridized carbons (Fsp3) is 0.182. The van der Waals surface area contributed by atoms with Gasteiger partial charge in [-0.15, -0.1) is 0 Å². The number of carbonyl (C=O) groups is 2. The molecule has 0 aliphatic rings. The number of carbonyl (C=O) groups excluding carboxylic acids is 2. The minimum absolute atomic E-state index is 0.112. The van der Waals surface area contributed by atoms with E-state index in [9.17, 15) is 22.8 Å². The zero-order valence-corrected chi connectivity index (χ0v) is 15.8. The summed E-state index contributed by atoms with van der Waals surface area (Å²) >= 11 is 0. The van der Waals surface area contributed by atoms with E-state index in [0.29, 0.717) is 0 Å². The second kappa shape index (κ2) is 9.30. The van der Waals surface area contributed by atoms with Gasteiger partial charge < -0.3 is 15.4 Å². The molecule has 0 heterocycles. The Morgan fingerprint density at radius 2 is 1.50 bits per heavy atom. The lowest BCUT2D eigenvalue weighted by molar-refractivity contribution is -0.139. The number of nitrogens with one attached hydrogen (secondary N) is 2. The maximum absolute atomic E-state index is 12.7. The van der Waals surface area contributed by atoms with Gasteiger partial charge in [-0.2, -0.15) is 13.2 Å². The van der Waals surface area contributed by atoms with Crippen LogP contribution in [0.1, 0.15) is 15.9 Å². The summed E-state index contributed by atoms with van der Waals surface area (Å²) in [6.07, 6.45) is -4.51. The first-order valence-electron chi connectivity index (χ1n) is 9.13. The van der Waals surface area contributed by atoms with Crippen LogP contribution in [0.2, 0.25) is 0 Å². The Bertz CT molecular complexity index is 1040. The molecule has 0 aliphatic carbocycles. The third-order valence-corrected chi connectivity index (χ3v) is 4.23. The monoisotopic (exact) mass is 416 g/mol. The molecule has 0 bridgehead atoms. The fourth-order valence-electron chi connectivity index (χ4n) is 2.78. The molecule has 2 N–H and O–H groups in total. The van der Waals surface area contributed by atoms with Crippen LogP contribution in [0.3, 0.4) is 0 Å². The highest BCUT2D eigenvalue weighted by atomic mass is 19.4. The summed E-state index contributed by atoms with van der Waals surface area (Å²) in [6, 6.07) is 19.8. The largest absolute Gasteiger partial charge is 0.483 e. The molecule has 5 nitrogen and oxygen atoms in total. The van der Waals surface area contributed by atoms with Crippen molar-refractivity contribution in [2.75, 3.05) is 13.2 Å². The summed E-state index contributed by atoms with van der Waals surface area (Å²) in [4.78, 5) is 24.4. The van der Waals surface area contributed by atoms with E-state index in [1.54, 1.807) is 29.6 Å². The Morgan fingerprint density at radius 3 is 2.17 bits per heavy atom. The normalized spacial score (nSPS) is 11.2. The summed E-state index contributed by atoms with van der Waals surface area (Å²) in [5.74, 6) is -1.24. The van der Waals surface area contributed by atoms with Crippen LogP contribution in [0.15, 0.2) is 66.7 Å². The van der Waals surface area contributed by atoms with Crippen LogP contribution in [0.25, 0.3) is 10.8 Å². The molecule has 0 unspecified atom stereocenters. The van der Waals surface area contributed by atoms with Crippen molar-refractivity contribution < 1.29 is 27.5 Å². The second-order valence-electron chi connectivity index (χ2n) is 6.54. The molecule has 30 heavy (non-hydrogen) atoms. The number of alkyl halides is 3. The molecule has 0 saturated carbocycles. The van der Waals surface area contributed by atoms with Crippen LogP contribution in [0.4, 0.5) is 13.2 Å². The number of ether oxygens (including phenoxy) is 1. The standard InChI is InChI=1S/C22H19F3N2O3/c23-22(24,25)14-27-20(28)13-30-19-11-17-9-5-4-8-16(17)10-18(19)21(29)26-12-15-6-2-1-3-7-15/h1-11H,12-14H2,(H,26,29)(H,27,28). The molecule has 8 heteroatoms. The fourth-order valence-corrected chi connectivity index (χ4v) is 2.78. The Morgan fingerprint density at radius 1 is 0.867 bits per heavy atom. The van der Waals surface area contributed by atoms with E-state index < -0.39 is 31.1 Å². The molecule has 0 atom stereocenters. The van der Waals surface area contributed by atoms with Crippen molar-refractivity contribution in [2.24, 2.45) is 0 Å². The first kappa shape index (κ1) is 21.2. The maximum atomic E-state index is 12.7. The van der Waals surface area contributed by atoms with E-state index in [4.69, 9.17) is 4.74 Å². The highest BCUT2D eigenvalue weighted by Gasteiger charge is 2.27. The first-order valence-corrected chi connectivity index (χ1v) is 9.13. The van der Waals surface area contributed by atoms with Crippen molar-refractivity contribution >= 4 is 22.6 Å². The Balaban J connectivity index is 1.76. The lowest BCUT2D eigenvalue weighted by Crippen LogP contribution is -2.36. The van der Waals surface area contributed by atoms with Crippen LogP contribution in [0.5, 0.6) is 5.75 Å². The van der Waals surface area contributed by atoms with Gasteiger partial charge in [-0.05, 0) is 28.5 Å². The van der Waals surface area contributed by atoms with E-state index in [2.05, 4.69) is 5.32 Å². The van der Waals surface area contributed by atoms with Gasteiger partial charge in [0.2, 0.25) is 0 Å². The van der Waals surface area contributed by atoms with E-state index >= 15 is 0 Å². The molecule has 0 spiro atoms. The molecule has 2 amide bonds. The lowest BCUT2D eigenvalue weighted by atomic mass is 10.1. The van der Waals surface area contributed by atoms with Crippen LogP contribution >= 0.6 is 0 Å². The molecule has 0 aromatic heterocycles. The quantitative estimate of drug-likeness (QED) is 0.615. The van der Waals surface area contributed by atoms with E-state index in [1.165, 1.54) is 0 Å². The SMILES string of the molecule is O=C(COc1cc2ccccc2cc1C(=O)NCc1ccccc1)NCC(F)(F)F. The second-order valence-corrected chi connectivity index (χ2v) is 6.54. The van der Waals surface area contributed by atoms with E-state index in [-0.39, 0.29) is 17.9 Å². The molecule has 0 fully saturated rings. The molecule has 0 aliphatic heterocycles. The van der Waals surface area contributed by atoms with Gasteiger partial charge in [-0.25, -0.2) is 0 Å². The molecular formula is C22H19F3N2O3. The average Bonchev–Trinajstić information content (AvgIpc) is 2.74. The Kier molecular flexibility index (Phi) is 6.56. The van der Waals surface area contributed by atoms with E-state index in [1.807, 2.05) is 42.5 Å². The van der Waals surface area contributed by atoms with Crippen molar-refractivity contribution in [3.05, 3.63) is 77.9 Å². The summed E-state index contributed by atoms with van der Waals surface area (Å²) in [7, 11) is 0. The summed E-state index contributed by atoms with van der Waals surface area (Å²) < 4.78 is 42.1. The van der Waals surface area contributed by atoms with Crippen LogP contribution < -0.4 is 15.4 Å². The lowest BCUT2D eigenvalue weighted by Gasteiger charge is -2.14. The highest BCUT2D eigenvalue weighted by molar-refractivity contribution is 6.01.